The molecule has 0 amide bonds. The van der Waals surface area contributed by atoms with E-state index in [1.807, 2.05) is 0 Å². The molecule has 0 heterocycles. The van der Waals surface area contributed by atoms with Gasteiger partial charge in [0.25, 0.3) is 0 Å². The summed E-state index contributed by atoms with van der Waals surface area (Å²) in [5.74, 6) is 1.03. The van der Waals surface area contributed by atoms with Gasteiger partial charge in [-0.3, -0.25) is 0 Å². The molecule has 2 unspecified atom stereocenters. The van der Waals surface area contributed by atoms with E-state index in [2.05, 4.69) is 13.8 Å². The van der Waals surface area contributed by atoms with Gasteiger partial charge in [-0.2, -0.15) is 0 Å². The average Bonchev–Trinajstić information content (AvgIpc) is 2.36. The van der Waals surface area contributed by atoms with Crippen LogP contribution in [0.15, 0.2) is 0 Å². The van der Waals surface area contributed by atoms with Crippen LogP contribution in [0.2, 0.25) is 0 Å². The van der Waals surface area contributed by atoms with Gasteiger partial charge in [0, 0.05) is 11.8 Å². The predicted molar refractivity (Wildman–Crippen MR) is 49.6 cm³/mol. The minimum atomic E-state index is -2.91. The Balaban J connectivity index is 2.57. The summed E-state index contributed by atoms with van der Waals surface area (Å²) in [5.41, 5.74) is 5.48. The van der Waals surface area contributed by atoms with E-state index >= 15 is 0 Å². The second kappa shape index (κ2) is 2.70. The summed E-state index contributed by atoms with van der Waals surface area (Å²) in [4.78, 5) is 0. The largest absolute Gasteiger partial charge is 0.324 e. The quantitative estimate of drug-likeness (QED) is 0.702. The molecular weight excluding hydrogens is 174 g/mol. The molecule has 0 radical (unpaired) electrons. The Morgan fingerprint density at radius 3 is 2.33 bits per heavy atom. The molecule has 2 N–H and O–H groups in total. The molecule has 0 aliphatic heterocycles. The summed E-state index contributed by atoms with van der Waals surface area (Å²) in [6.07, 6.45) is 2.11. The van der Waals surface area contributed by atoms with E-state index in [1.165, 1.54) is 6.26 Å². The van der Waals surface area contributed by atoms with Gasteiger partial charge in [-0.15, -0.1) is 0 Å². The zero-order valence-corrected chi connectivity index (χ0v) is 8.69. The summed E-state index contributed by atoms with van der Waals surface area (Å²) in [7, 11) is -2.91. The molecule has 0 saturated heterocycles. The Labute approximate surface area is 74.3 Å². The van der Waals surface area contributed by atoms with E-state index < -0.39 is 15.4 Å². The zero-order valence-electron chi connectivity index (χ0n) is 7.87. The van der Waals surface area contributed by atoms with Crippen LogP contribution in [0.1, 0.15) is 20.3 Å². The topological polar surface area (TPSA) is 60.2 Å². The fraction of sp³-hybridized carbons (Fsp3) is 1.00. The van der Waals surface area contributed by atoms with Crippen LogP contribution in [0.25, 0.3) is 0 Å². The normalized spacial score (nSPS) is 35.6. The lowest BCUT2D eigenvalue weighted by Gasteiger charge is -2.11. The van der Waals surface area contributed by atoms with E-state index in [0.717, 1.165) is 6.42 Å². The van der Waals surface area contributed by atoms with Crippen molar-refractivity contribution in [1.82, 2.24) is 0 Å². The lowest BCUT2D eigenvalue weighted by Crippen LogP contribution is -2.34. The van der Waals surface area contributed by atoms with Crippen LogP contribution < -0.4 is 5.73 Å². The van der Waals surface area contributed by atoms with Crippen molar-refractivity contribution < 1.29 is 8.42 Å². The Bertz CT molecular complexity index is 271. The highest BCUT2D eigenvalue weighted by Gasteiger charge is 2.53. The van der Waals surface area contributed by atoms with Crippen LogP contribution in [0.3, 0.4) is 0 Å². The molecule has 0 bridgehead atoms. The first-order chi connectivity index (χ1) is 5.25. The molecule has 0 aromatic heterocycles. The second-order valence-electron chi connectivity index (χ2n) is 4.36. The number of sulfone groups is 1. The van der Waals surface area contributed by atoms with E-state index in [-0.39, 0.29) is 5.75 Å². The predicted octanol–water partition coefficient (Wildman–Crippen LogP) is 0.404. The maximum Gasteiger partial charge on any atom is 0.149 e. The molecular formula is C8H17NO2S. The lowest BCUT2D eigenvalue weighted by molar-refractivity contribution is 0.494. The Morgan fingerprint density at radius 1 is 1.58 bits per heavy atom. The zero-order chi connectivity index (χ0) is 9.57. The summed E-state index contributed by atoms with van der Waals surface area (Å²) in [5, 5.41) is 0. The molecule has 3 nitrogen and oxygen atoms in total. The molecule has 0 spiro atoms. The average molecular weight is 191 g/mol. The van der Waals surface area contributed by atoms with Crippen LogP contribution in [-0.4, -0.2) is 26.0 Å². The van der Waals surface area contributed by atoms with Crippen molar-refractivity contribution in [2.75, 3.05) is 12.0 Å². The van der Waals surface area contributed by atoms with E-state index in [9.17, 15) is 8.42 Å². The summed E-state index contributed by atoms with van der Waals surface area (Å²) in [6, 6.07) is 0. The smallest absolute Gasteiger partial charge is 0.149 e. The van der Waals surface area contributed by atoms with Gasteiger partial charge in [-0.1, -0.05) is 13.8 Å². The molecule has 0 aromatic rings. The minimum absolute atomic E-state index is 0.142. The lowest BCUT2D eigenvalue weighted by atomic mass is 10.1. The maximum atomic E-state index is 11.0. The highest BCUT2D eigenvalue weighted by molar-refractivity contribution is 7.90. The molecule has 1 rings (SSSR count). The van der Waals surface area contributed by atoms with Gasteiger partial charge in [-0.25, -0.2) is 8.42 Å². The van der Waals surface area contributed by atoms with Gasteiger partial charge in [0.15, 0.2) is 0 Å². The summed E-state index contributed by atoms with van der Waals surface area (Å²) >= 11 is 0. The third kappa shape index (κ3) is 2.20. The third-order valence-electron chi connectivity index (χ3n) is 2.51. The Morgan fingerprint density at radius 2 is 2.08 bits per heavy atom. The van der Waals surface area contributed by atoms with Gasteiger partial charge in [0.2, 0.25) is 0 Å². The Hall–Kier alpha value is -0.0900. The van der Waals surface area contributed by atoms with Gasteiger partial charge in [0.05, 0.1) is 5.75 Å². The maximum absolute atomic E-state index is 11.0. The van der Waals surface area contributed by atoms with Crippen LogP contribution in [0, 0.1) is 11.8 Å². The molecule has 1 saturated carbocycles. The molecule has 12 heavy (non-hydrogen) atoms. The number of hydrogen-bond acceptors (Lipinski definition) is 3. The fourth-order valence-corrected chi connectivity index (χ4v) is 3.21. The molecule has 4 heteroatoms. The van der Waals surface area contributed by atoms with Gasteiger partial charge < -0.3 is 5.73 Å². The van der Waals surface area contributed by atoms with Crippen molar-refractivity contribution in [2.24, 2.45) is 17.6 Å². The molecule has 1 fully saturated rings. The molecule has 1 aliphatic rings. The molecule has 1 aliphatic carbocycles. The van der Waals surface area contributed by atoms with Crippen LogP contribution in [0.5, 0.6) is 0 Å². The molecule has 0 aromatic carbocycles. The molecule has 72 valence electrons. The fourth-order valence-electron chi connectivity index (χ4n) is 1.90. The van der Waals surface area contributed by atoms with Crippen molar-refractivity contribution in [3.63, 3.8) is 0 Å². The number of rotatable bonds is 3. The monoisotopic (exact) mass is 191 g/mol. The van der Waals surface area contributed by atoms with Crippen LogP contribution >= 0.6 is 0 Å². The van der Waals surface area contributed by atoms with Crippen molar-refractivity contribution in [3.8, 4) is 0 Å². The van der Waals surface area contributed by atoms with Gasteiger partial charge >= 0.3 is 0 Å². The van der Waals surface area contributed by atoms with E-state index in [1.54, 1.807) is 0 Å². The van der Waals surface area contributed by atoms with E-state index in [0.29, 0.717) is 11.8 Å². The highest BCUT2D eigenvalue weighted by atomic mass is 32.2. The van der Waals surface area contributed by atoms with Crippen molar-refractivity contribution in [3.05, 3.63) is 0 Å². The first-order valence-corrected chi connectivity index (χ1v) is 6.27. The Kier molecular flexibility index (Phi) is 2.25. The summed E-state index contributed by atoms with van der Waals surface area (Å²) in [6.45, 7) is 4.17. The summed E-state index contributed by atoms with van der Waals surface area (Å²) < 4.78 is 22.0. The number of hydrogen-bond donors (Lipinski definition) is 1. The number of nitrogens with two attached hydrogens (primary N) is 1. The van der Waals surface area contributed by atoms with Crippen molar-refractivity contribution >= 4 is 9.84 Å². The standard InChI is InChI=1S/C8H17NO2S/c1-6(2)7-4-8(7,9)5-12(3,10)11/h6-7H,4-5,9H2,1-3H3. The van der Waals surface area contributed by atoms with E-state index in [4.69, 9.17) is 5.73 Å². The van der Waals surface area contributed by atoms with Gasteiger partial charge in [0.1, 0.15) is 9.84 Å². The first-order valence-electron chi connectivity index (χ1n) is 4.21. The SMILES string of the molecule is CC(C)C1CC1(N)CS(C)(=O)=O. The molecule has 2 atom stereocenters. The van der Waals surface area contributed by atoms with Gasteiger partial charge in [-0.05, 0) is 18.3 Å². The minimum Gasteiger partial charge on any atom is -0.324 e. The van der Waals surface area contributed by atoms with Crippen LogP contribution in [-0.2, 0) is 9.84 Å². The second-order valence-corrected chi connectivity index (χ2v) is 6.50. The van der Waals surface area contributed by atoms with Crippen LogP contribution in [0.4, 0.5) is 0 Å². The highest BCUT2D eigenvalue weighted by Crippen LogP contribution is 2.46. The first kappa shape index (κ1) is 9.99. The van der Waals surface area contributed by atoms with Crippen molar-refractivity contribution in [2.45, 2.75) is 25.8 Å². The third-order valence-corrected chi connectivity index (χ3v) is 3.58. The van der Waals surface area contributed by atoms with Crippen molar-refractivity contribution in [1.29, 1.82) is 0 Å².